The fraction of sp³-hybridized carbons (Fsp3) is 0.533. The number of benzene rings is 1. The second-order valence-electron chi connectivity index (χ2n) is 4.84. The first kappa shape index (κ1) is 13.9. The van der Waals surface area contributed by atoms with E-state index in [9.17, 15) is 4.79 Å². The van der Waals surface area contributed by atoms with Gasteiger partial charge in [-0.2, -0.15) is 0 Å². The molecule has 0 unspecified atom stereocenters. The van der Waals surface area contributed by atoms with Crippen LogP contribution in [0, 0.1) is 0 Å². The molecule has 0 radical (unpaired) electrons. The number of likely N-dealkylation sites (tertiary alicyclic amines) is 1. The molecule has 104 valence electrons. The van der Waals surface area contributed by atoms with Crippen LogP contribution in [-0.4, -0.2) is 44.2 Å². The predicted molar refractivity (Wildman–Crippen MR) is 73.3 cm³/mol. The van der Waals surface area contributed by atoms with Crippen LogP contribution in [0.25, 0.3) is 0 Å². The lowest BCUT2D eigenvalue weighted by molar-refractivity contribution is -0.132. The molecule has 0 spiro atoms. The Labute approximate surface area is 114 Å². The Morgan fingerprint density at radius 2 is 2.05 bits per heavy atom. The second-order valence-corrected chi connectivity index (χ2v) is 4.84. The molecule has 19 heavy (non-hydrogen) atoms. The van der Waals surface area contributed by atoms with Gasteiger partial charge in [-0.25, -0.2) is 0 Å². The Balaban J connectivity index is 1.90. The Morgan fingerprint density at radius 3 is 2.68 bits per heavy atom. The van der Waals surface area contributed by atoms with E-state index >= 15 is 0 Å². The zero-order valence-corrected chi connectivity index (χ0v) is 11.6. The van der Waals surface area contributed by atoms with Crippen molar-refractivity contribution in [1.29, 1.82) is 0 Å². The van der Waals surface area contributed by atoms with E-state index in [2.05, 4.69) is 0 Å². The number of nitrogens with zero attached hydrogens (tertiary/aromatic N) is 1. The summed E-state index contributed by atoms with van der Waals surface area (Å²) in [6, 6.07) is 7.68. The average molecular weight is 263 g/mol. The van der Waals surface area contributed by atoms with E-state index in [1.807, 2.05) is 29.2 Å². The van der Waals surface area contributed by atoms with E-state index in [1.54, 1.807) is 14.2 Å². The first-order valence-electron chi connectivity index (χ1n) is 6.66. The van der Waals surface area contributed by atoms with Gasteiger partial charge in [0.2, 0.25) is 5.91 Å². The third-order valence-corrected chi connectivity index (χ3v) is 3.62. The molecule has 0 atom stereocenters. The van der Waals surface area contributed by atoms with Gasteiger partial charge in [-0.1, -0.05) is 12.1 Å². The SMILES string of the molecule is COc1cccc(CC(=O)N2CCC(OC)CC2)c1. The van der Waals surface area contributed by atoms with Crippen molar-refractivity contribution in [2.75, 3.05) is 27.3 Å². The molecule has 2 rings (SSSR count). The summed E-state index contributed by atoms with van der Waals surface area (Å²) in [5, 5.41) is 0. The number of carbonyl (C=O) groups excluding carboxylic acids is 1. The molecule has 1 fully saturated rings. The van der Waals surface area contributed by atoms with Crippen molar-refractivity contribution >= 4 is 5.91 Å². The molecule has 1 aromatic rings. The number of amides is 1. The third-order valence-electron chi connectivity index (χ3n) is 3.62. The van der Waals surface area contributed by atoms with Crippen molar-refractivity contribution in [2.24, 2.45) is 0 Å². The van der Waals surface area contributed by atoms with Gasteiger partial charge in [0.05, 0.1) is 19.6 Å². The highest BCUT2D eigenvalue weighted by atomic mass is 16.5. The van der Waals surface area contributed by atoms with Gasteiger partial charge in [-0.05, 0) is 30.5 Å². The minimum atomic E-state index is 0.183. The van der Waals surface area contributed by atoms with Gasteiger partial charge < -0.3 is 14.4 Å². The maximum Gasteiger partial charge on any atom is 0.226 e. The molecule has 0 aromatic heterocycles. The summed E-state index contributed by atoms with van der Waals surface area (Å²) in [7, 11) is 3.37. The summed E-state index contributed by atoms with van der Waals surface area (Å²) in [6.45, 7) is 1.59. The molecule has 1 aliphatic rings. The van der Waals surface area contributed by atoms with Crippen LogP contribution in [0.15, 0.2) is 24.3 Å². The molecule has 0 saturated carbocycles. The van der Waals surface area contributed by atoms with Gasteiger partial charge in [-0.3, -0.25) is 4.79 Å². The number of carbonyl (C=O) groups is 1. The van der Waals surface area contributed by atoms with Crippen LogP contribution < -0.4 is 4.74 Å². The lowest BCUT2D eigenvalue weighted by atomic mass is 10.1. The van der Waals surface area contributed by atoms with Crippen molar-refractivity contribution in [2.45, 2.75) is 25.4 Å². The normalized spacial score (nSPS) is 16.4. The number of ether oxygens (including phenoxy) is 2. The van der Waals surface area contributed by atoms with Gasteiger partial charge in [0.25, 0.3) is 0 Å². The van der Waals surface area contributed by atoms with Crippen LogP contribution in [0.5, 0.6) is 5.75 Å². The van der Waals surface area contributed by atoms with Crippen LogP contribution in [-0.2, 0) is 16.0 Å². The van der Waals surface area contributed by atoms with Crippen molar-refractivity contribution in [3.63, 3.8) is 0 Å². The Morgan fingerprint density at radius 1 is 1.32 bits per heavy atom. The average Bonchev–Trinajstić information content (AvgIpc) is 2.47. The maximum atomic E-state index is 12.2. The first-order chi connectivity index (χ1) is 9.22. The quantitative estimate of drug-likeness (QED) is 0.832. The highest BCUT2D eigenvalue weighted by Crippen LogP contribution is 2.16. The molecule has 1 heterocycles. The van der Waals surface area contributed by atoms with Crippen LogP contribution in [0.4, 0.5) is 0 Å². The van der Waals surface area contributed by atoms with E-state index in [4.69, 9.17) is 9.47 Å². The standard InChI is InChI=1S/C15H21NO3/c1-18-13-6-8-16(9-7-13)15(17)11-12-4-3-5-14(10-12)19-2/h3-5,10,13H,6-9,11H2,1-2H3. The van der Waals surface area contributed by atoms with Crippen molar-refractivity contribution in [3.8, 4) is 5.75 Å². The number of hydrogen-bond acceptors (Lipinski definition) is 3. The summed E-state index contributed by atoms with van der Waals surface area (Å²) in [5.74, 6) is 0.978. The van der Waals surface area contributed by atoms with E-state index in [1.165, 1.54) is 0 Å². The van der Waals surface area contributed by atoms with Gasteiger partial charge in [-0.15, -0.1) is 0 Å². The van der Waals surface area contributed by atoms with Crippen LogP contribution in [0.1, 0.15) is 18.4 Å². The lowest BCUT2D eigenvalue weighted by Gasteiger charge is -2.31. The molecular formula is C15H21NO3. The number of piperidine rings is 1. The molecule has 0 N–H and O–H groups in total. The summed E-state index contributed by atoms with van der Waals surface area (Å²) in [5.41, 5.74) is 0.998. The van der Waals surface area contributed by atoms with Crippen LogP contribution in [0.2, 0.25) is 0 Å². The largest absolute Gasteiger partial charge is 0.497 e. The Hall–Kier alpha value is -1.55. The summed E-state index contributed by atoms with van der Waals surface area (Å²) < 4.78 is 10.5. The van der Waals surface area contributed by atoms with Gasteiger partial charge >= 0.3 is 0 Å². The third kappa shape index (κ3) is 3.70. The highest BCUT2D eigenvalue weighted by Gasteiger charge is 2.22. The molecule has 1 aromatic carbocycles. The summed E-state index contributed by atoms with van der Waals surface area (Å²) >= 11 is 0. The monoisotopic (exact) mass is 263 g/mol. The zero-order valence-electron chi connectivity index (χ0n) is 11.6. The lowest BCUT2D eigenvalue weighted by Crippen LogP contribution is -2.41. The molecule has 0 aliphatic carbocycles. The van der Waals surface area contributed by atoms with Gasteiger partial charge in [0, 0.05) is 20.2 Å². The van der Waals surface area contributed by atoms with Crippen molar-refractivity contribution in [3.05, 3.63) is 29.8 Å². The molecular weight excluding hydrogens is 242 g/mol. The first-order valence-corrected chi connectivity index (χ1v) is 6.66. The fourth-order valence-electron chi connectivity index (χ4n) is 2.41. The van der Waals surface area contributed by atoms with Crippen LogP contribution in [0.3, 0.4) is 0 Å². The molecule has 1 amide bonds. The van der Waals surface area contributed by atoms with E-state index in [0.29, 0.717) is 12.5 Å². The fourth-order valence-corrected chi connectivity index (χ4v) is 2.41. The van der Waals surface area contributed by atoms with Gasteiger partial charge in [0.15, 0.2) is 0 Å². The minimum Gasteiger partial charge on any atom is -0.497 e. The topological polar surface area (TPSA) is 38.8 Å². The molecule has 0 bridgehead atoms. The van der Waals surface area contributed by atoms with E-state index in [-0.39, 0.29) is 5.91 Å². The minimum absolute atomic E-state index is 0.183. The Bertz CT molecular complexity index is 425. The molecule has 4 nitrogen and oxygen atoms in total. The highest BCUT2D eigenvalue weighted by molar-refractivity contribution is 5.79. The number of methoxy groups -OCH3 is 2. The number of rotatable bonds is 4. The van der Waals surface area contributed by atoms with E-state index < -0.39 is 0 Å². The molecule has 1 aliphatic heterocycles. The van der Waals surface area contributed by atoms with E-state index in [0.717, 1.165) is 37.2 Å². The summed E-state index contributed by atoms with van der Waals surface area (Å²) in [6.07, 6.45) is 2.61. The van der Waals surface area contributed by atoms with Crippen LogP contribution >= 0.6 is 0 Å². The molecule has 4 heteroatoms. The molecule has 1 saturated heterocycles. The second kappa shape index (κ2) is 6.57. The smallest absolute Gasteiger partial charge is 0.226 e. The number of hydrogen-bond donors (Lipinski definition) is 0. The van der Waals surface area contributed by atoms with Crippen molar-refractivity contribution < 1.29 is 14.3 Å². The predicted octanol–water partition coefficient (Wildman–Crippen LogP) is 1.88. The van der Waals surface area contributed by atoms with Crippen molar-refractivity contribution in [1.82, 2.24) is 4.90 Å². The zero-order chi connectivity index (χ0) is 13.7. The Kier molecular flexibility index (Phi) is 4.80. The summed E-state index contributed by atoms with van der Waals surface area (Å²) in [4.78, 5) is 14.1. The maximum absolute atomic E-state index is 12.2. The van der Waals surface area contributed by atoms with Gasteiger partial charge in [0.1, 0.15) is 5.75 Å².